The number of piperazine rings is 1. The van der Waals surface area contributed by atoms with Crippen LogP contribution in [0.3, 0.4) is 0 Å². The van der Waals surface area contributed by atoms with Crippen LogP contribution >= 0.6 is 11.3 Å². The number of halogens is 2. The monoisotopic (exact) mass is 520 g/mol. The maximum Gasteiger partial charge on any atom is 0.233 e. The van der Waals surface area contributed by atoms with Crippen LogP contribution in [-0.2, 0) is 6.42 Å². The van der Waals surface area contributed by atoms with Gasteiger partial charge in [0.2, 0.25) is 11.8 Å². The Labute approximate surface area is 217 Å². The van der Waals surface area contributed by atoms with E-state index in [-0.39, 0.29) is 23.1 Å². The number of anilines is 2. The van der Waals surface area contributed by atoms with E-state index in [1.54, 1.807) is 23.5 Å². The average Bonchev–Trinajstić information content (AvgIpc) is 3.64. The zero-order chi connectivity index (χ0) is 25.5. The fourth-order valence-electron chi connectivity index (χ4n) is 4.70. The van der Waals surface area contributed by atoms with Gasteiger partial charge in [0, 0.05) is 54.3 Å². The van der Waals surface area contributed by atoms with Gasteiger partial charge in [0.25, 0.3) is 0 Å². The summed E-state index contributed by atoms with van der Waals surface area (Å²) in [6.07, 6.45) is 4.04. The summed E-state index contributed by atoms with van der Waals surface area (Å²) in [5.74, 6) is 0.425. The SMILES string of the molecule is CC1=Cc2c(F)c(Oc3cc(N4CCN(C)CC4)nc(NC4=NCC(c5cccs5)=C4)n3)cc(F)c2C1. The van der Waals surface area contributed by atoms with Crippen molar-refractivity contribution in [3.63, 3.8) is 0 Å². The van der Waals surface area contributed by atoms with Crippen LogP contribution in [-0.4, -0.2) is 60.5 Å². The minimum Gasteiger partial charge on any atom is -0.436 e. The lowest BCUT2D eigenvalue weighted by atomic mass is 10.1. The van der Waals surface area contributed by atoms with Crippen LogP contribution in [0, 0.1) is 11.6 Å². The third-order valence-corrected chi connectivity index (χ3v) is 7.65. The van der Waals surface area contributed by atoms with Crippen molar-refractivity contribution >= 4 is 40.6 Å². The van der Waals surface area contributed by atoms with Gasteiger partial charge in [-0.05, 0) is 43.5 Å². The number of rotatable bonds is 5. The lowest BCUT2D eigenvalue weighted by Gasteiger charge is -2.33. The lowest BCUT2D eigenvalue weighted by molar-refractivity contribution is 0.312. The number of aromatic nitrogens is 2. The first-order chi connectivity index (χ1) is 17.9. The summed E-state index contributed by atoms with van der Waals surface area (Å²) >= 11 is 1.66. The first-order valence-corrected chi connectivity index (χ1v) is 13.1. The van der Waals surface area contributed by atoms with Crippen LogP contribution in [0.5, 0.6) is 11.6 Å². The van der Waals surface area contributed by atoms with Gasteiger partial charge in [0.15, 0.2) is 11.6 Å². The molecule has 2 aromatic heterocycles. The number of ether oxygens (including phenoxy) is 1. The van der Waals surface area contributed by atoms with E-state index in [1.165, 1.54) is 0 Å². The summed E-state index contributed by atoms with van der Waals surface area (Å²) in [7, 11) is 2.08. The molecule has 7 nitrogen and oxygen atoms in total. The molecule has 0 saturated carbocycles. The largest absolute Gasteiger partial charge is 0.436 e. The highest BCUT2D eigenvalue weighted by Crippen LogP contribution is 2.36. The van der Waals surface area contributed by atoms with Gasteiger partial charge >= 0.3 is 0 Å². The molecule has 0 unspecified atom stereocenters. The zero-order valence-corrected chi connectivity index (χ0v) is 21.4. The molecule has 1 aliphatic carbocycles. The molecule has 0 bridgehead atoms. The predicted molar refractivity (Wildman–Crippen MR) is 144 cm³/mol. The molecule has 37 heavy (non-hydrogen) atoms. The van der Waals surface area contributed by atoms with Crippen molar-refractivity contribution in [2.45, 2.75) is 13.3 Å². The highest BCUT2D eigenvalue weighted by molar-refractivity contribution is 7.11. The van der Waals surface area contributed by atoms with E-state index in [9.17, 15) is 4.39 Å². The van der Waals surface area contributed by atoms with Gasteiger partial charge in [0.05, 0.1) is 6.54 Å². The van der Waals surface area contributed by atoms with Crippen molar-refractivity contribution < 1.29 is 13.5 Å². The molecule has 4 heterocycles. The van der Waals surface area contributed by atoms with Gasteiger partial charge in [0.1, 0.15) is 17.5 Å². The van der Waals surface area contributed by atoms with E-state index in [2.05, 4.69) is 38.2 Å². The number of benzene rings is 1. The van der Waals surface area contributed by atoms with Crippen molar-refractivity contribution in [2.75, 3.05) is 50.0 Å². The van der Waals surface area contributed by atoms with Crippen LogP contribution in [0.4, 0.5) is 20.5 Å². The maximum absolute atomic E-state index is 15.3. The number of fused-ring (bicyclic) bond motifs is 1. The number of nitrogens with one attached hydrogen (secondary N) is 1. The molecule has 6 rings (SSSR count). The molecule has 0 amide bonds. The van der Waals surface area contributed by atoms with E-state index >= 15 is 4.39 Å². The number of amidine groups is 1. The number of aliphatic imine (C=N–C) groups is 1. The summed E-state index contributed by atoms with van der Waals surface area (Å²) in [5.41, 5.74) is 2.62. The average molecular weight is 521 g/mol. The minimum atomic E-state index is -0.591. The highest BCUT2D eigenvalue weighted by Gasteiger charge is 2.24. The van der Waals surface area contributed by atoms with Crippen LogP contribution < -0.4 is 15.0 Å². The Morgan fingerprint density at radius 2 is 1.92 bits per heavy atom. The summed E-state index contributed by atoms with van der Waals surface area (Å²) < 4.78 is 35.9. The number of thiophene rings is 1. The third-order valence-electron chi connectivity index (χ3n) is 6.71. The van der Waals surface area contributed by atoms with Crippen molar-refractivity contribution in [3.8, 4) is 11.6 Å². The molecule has 0 spiro atoms. The van der Waals surface area contributed by atoms with Crippen LogP contribution in [0.15, 0.2) is 46.3 Å². The molecule has 2 aliphatic heterocycles. The lowest BCUT2D eigenvalue weighted by Crippen LogP contribution is -2.44. The van der Waals surface area contributed by atoms with Crippen molar-refractivity contribution in [3.05, 3.63) is 68.9 Å². The number of nitrogens with zero attached hydrogens (tertiary/aromatic N) is 5. The standard InChI is InChI=1S/C27H26F2N6OS/c1-16-10-18-19(11-16)26(29)21(13-20(18)28)36-25-14-24(35-7-5-34(2)6-8-35)32-27(33-25)31-23-12-17(15-30-23)22-4-3-9-37-22/h3-4,9,11-14H,5-8,10,15H2,1-2H3,(H,30,31,32,33). The summed E-state index contributed by atoms with van der Waals surface area (Å²) in [6.45, 7) is 5.76. The first-order valence-electron chi connectivity index (χ1n) is 12.2. The number of likely N-dealkylation sites (N-methyl/N-ethyl adjacent to an activating group) is 1. The molecule has 10 heteroatoms. The van der Waals surface area contributed by atoms with Crippen molar-refractivity contribution in [1.82, 2.24) is 14.9 Å². The number of hydrogen-bond acceptors (Lipinski definition) is 8. The van der Waals surface area contributed by atoms with Crippen LogP contribution in [0.1, 0.15) is 22.9 Å². The number of allylic oxidation sites excluding steroid dienone is 1. The van der Waals surface area contributed by atoms with E-state index < -0.39 is 11.6 Å². The molecular weight excluding hydrogens is 494 g/mol. The topological polar surface area (TPSA) is 65.9 Å². The molecule has 0 atom stereocenters. The van der Waals surface area contributed by atoms with E-state index in [0.29, 0.717) is 30.2 Å². The van der Waals surface area contributed by atoms with E-state index in [1.807, 2.05) is 24.4 Å². The molecular formula is C27H26F2N6OS. The smallest absolute Gasteiger partial charge is 0.233 e. The molecule has 3 aliphatic rings. The molecule has 1 saturated heterocycles. The Hall–Kier alpha value is -3.63. The quantitative estimate of drug-likeness (QED) is 0.497. The van der Waals surface area contributed by atoms with Crippen molar-refractivity contribution in [2.24, 2.45) is 4.99 Å². The van der Waals surface area contributed by atoms with Crippen LogP contribution in [0.2, 0.25) is 0 Å². The Morgan fingerprint density at radius 1 is 1.08 bits per heavy atom. The summed E-state index contributed by atoms with van der Waals surface area (Å²) in [4.78, 5) is 19.3. The maximum atomic E-state index is 15.3. The van der Waals surface area contributed by atoms with Gasteiger partial charge < -0.3 is 19.9 Å². The second-order valence-corrected chi connectivity index (χ2v) is 10.4. The second kappa shape index (κ2) is 9.68. The summed E-state index contributed by atoms with van der Waals surface area (Å²) in [5, 5.41) is 5.22. The molecule has 1 aromatic carbocycles. The Balaban J connectivity index is 1.32. The van der Waals surface area contributed by atoms with Gasteiger partial charge in [-0.1, -0.05) is 17.7 Å². The van der Waals surface area contributed by atoms with Gasteiger partial charge in [-0.15, -0.1) is 11.3 Å². The van der Waals surface area contributed by atoms with Gasteiger partial charge in [-0.2, -0.15) is 9.97 Å². The second-order valence-electron chi connectivity index (χ2n) is 9.48. The Bertz CT molecular complexity index is 1440. The van der Waals surface area contributed by atoms with Gasteiger partial charge in [-0.25, -0.2) is 8.78 Å². The molecule has 1 N–H and O–H groups in total. The predicted octanol–water partition coefficient (Wildman–Crippen LogP) is 5.23. The molecule has 3 aromatic rings. The fourth-order valence-corrected chi connectivity index (χ4v) is 5.43. The highest BCUT2D eigenvalue weighted by atomic mass is 32.1. The first kappa shape index (κ1) is 23.7. The van der Waals surface area contributed by atoms with E-state index in [0.717, 1.165) is 48.3 Å². The van der Waals surface area contributed by atoms with Crippen LogP contribution in [0.25, 0.3) is 11.6 Å². The third kappa shape index (κ3) is 4.86. The summed E-state index contributed by atoms with van der Waals surface area (Å²) in [6, 6.07) is 6.84. The minimum absolute atomic E-state index is 0.129. The Kier molecular flexibility index (Phi) is 6.21. The molecule has 190 valence electrons. The number of hydrogen-bond donors (Lipinski definition) is 1. The van der Waals surface area contributed by atoms with Gasteiger partial charge in [-0.3, -0.25) is 4.99 Å². The fraction of sp³-hybridized carbons (Fsp3) is 0.296. The zero-order valence-electron chi connectivity index (χ0n) is 20.6. The molecule has 1 fully saturated rings. The Morgan fingerprint density at radius 3 is 2.70 bits per heavy atom. The van der Waals surface area contributed by atoms with Crippen molar-refractivity contribution in [1.29, 1.82) is 0 Å². The normalized spacial score (nSPS) is 17.4. The van der Waals surface area contributed by atoms with E-state index in [4.69, 9.17) is 9.72 Å². The molecule has 0 radical (unpaired) electrons.